The molecule has 29 heavy (non-hydrogen) atoms. The maximum atomic E-state index is 13.1. The van der Waals surface area contributed by atoms with E-state index in [1.165, 1.54) is 11.8 Å². The standard InChI is InChI=1S/C20H22N4O4S/c1-12-10-17(23-28-12)22-18(25)13(2)29-20-21-16-8-4-3-7-15(16)19(26)24(20)11-14-6-5-9-27-14/h3-4,7-8,10,13-14H,5-6,9,11H2,1-2H3,(H,22,23,25)/t13-,14+/m0/s1. The highest BCUT2D eigenvalue weighted by Crippen LogP contribution is 2.25. The molecule has 0 aliphatic carbocycles. The molecule has 3 aromatic rings. The third kappa shape index (κ3) is 4.35. The summed E-state index contributed by atoms with van der Waals surface area (Å²) < 4.78 is 12.3. The number of hydrogen-bond donors (Lipinski definition) is 1. The monoisotopic (exact) mass is 414 g/mol. The first-order valence-electron chi connectivity index (χ1n) is 9.53. The number of nitrogens with zero attached hydrogens (tertiary/aromatic N) is 3. The van der Waals surface area contributed by atoms with Gasteiger partial charge in [0.15, 0.2) is 11.0 Å². The predicted octanol–water partition coefficient (Wildman–Crippen LogP) is 2.99. The lowest BCUT2D eigenvalue weighted by atomic mass is 10.2. The van der Waals surface area contributed by atoms with Gasteiger partial charge in [0.1, 0.15) is 5.76 Å². The molecule has 1 aromatic carbocycles. The third-order valence-electron chi connectivity index (χ3n) is 4.77. The minimum Gasteiger partial charge on any atom is -0.376 e. The highest BCUT2D eigenvalue weighted by atomic mass is 32.2. The van der Waals surface area contributed by atoms with Gasteiger partial charge in [0, 0.05) is 12.7 Å². The van der Waals surface area contributed by atoms with E-state index in [9.17, 15) is 9.59 Å². The van der Waals surface area contributed by atoms with E-state index in [-0.39, 0.29) is 17.6 Å². The Hall–Kier alpha value is -2.65. The number of para-hydroxylation sites is 1. The number of fused-ring (bicyclic) bond motifs is 1. The average molecular weight is 414 g/mol. The number of carbonyl (C=O) groups excluding carboxylic acids is 1. The van der Waals surface area contributed by atoms with Crippen LogP contribution < -0.4 is 10.9 Å². The van der Waals surface area contributed by atoms with Crippen molar-refractivity contribution in [2.75, 3.05) is 11.9 Å². The largest absolute Gasteiger partial charge is 0.376 e. The van der Waals surface area contributed by atoms with Crippen LogP contribution in [0.15, 0.2) is 44.8 Å². The highest BCUT2D eigenvalue weighted by Gasteiger charge is 2.23. The summed E-state index contributed by atoms with van der Waals surface area (Å²) in [5.74, 6) is 0.736. The van der Waals surface area contributed by atoms with Gasteiger partial charge < -0.3 is 14.6 Å². The van der Waals surface area contributed by atoms with Gasteiger partial charge in [-0.3, -0.25) is 14.2 Å². The Morgan fingerprint density at radius 2 is 2.24 bits per heavy atom. The molecule has 1 amide bonds. The van der Waals surface area contributed by atoms with Crippen LogP contribution in [0.5, 0.6) is 0 Å². The molecule has 0 bridgehead atoms. The van der Waals surface area contributed by atoms with E-state index >= 15 is 0 Å². The van der Waals surface area contributed by atoms with Gasteiger partial charge in [0.05, 0.1) is 28.8 Å². The molecule has 0 saturated carbocycles. The van der Waals surface area contributed by atoms with Gasteiger partial charge in [-0.25, -0.2) is 4.98 Å². The van der Waals surface area contributed by atoms with Crippen molar-refractivity contribution >= 4 is 34.4 Å². The molecule has 4 rings (SSSR count). The van der Waals surface area contributed by atoms with Gasteiger partial charge >= 0.3 is 0 Å². The summed E-state index contributed by atoms with van der Waals surface area (Å²) in [5, 5.41) is 7.08. The maximum Gasteiger partial charge on any atom is 0.262 e. The van der Waals surface area contributed by atoms with Crippen LogP contribution in [0.2, 0.25) is 0 Å². The fourth-order valence-electron chi connectivity index (χ4n) is 3.26. The summed E-state index contributed by atoms with van der Waals surface area (Å²) >= 11 is 1.24. The van der Waals surface area contributed by atoms with Crippen molar-refractivity contribution in [2.45, 2.75) is 49.7 Å². The first-order chi connectivity index (χ1) is 14.0. The molecule has 8 nitrogen and oxygen atoms in total. The van der Waals surface area contributed by atoms with E-state index < -0.39 is 5.25 Å². The topological polar surface area (TPSA) is 99.2 Å². The molecular formula is C20H22N4O4S. The maximum absolute atomic E-state index is 13.1. The van der Waals surface area contributed by atoms with E-state index in [0.717, 1.165) is 12.8 Å². The smallest absolute Gasteiger partial charge is 0.262 e. The molecule has 3 heterocycles. The first-order valence-corrected chi connectivity index (χ1v) is 10.4. The molecule has 1 aliphatic rings. The molecule has 0 unspecified atom stereocenters. The molecule has 152 valence electrons. The zero-order valence-corrected chi connectivity index (χ0v) is 17.1. The summed E-state index contributed by atoms with van der Waals surface area (Å²) in [7, 11) is 0. The molecular weight excluding hydrogens is 392 g/mol. The number of aryl methyl sites for hydroxylation is 1. The normalized spacial score (nSPS) is 17.5. The summed E-state index contributed by atoms with van der Waals surface area (Å²) in [6.07, 6.45) is 1.88. The Kier molecular flexibility index (Phi) is 5.68. The van der Waals surface area contributed by atoms with Crippen LogP contribution in [-0.4, -0.2) is 38.6 Å². The number of rotatable bonds is 6. The van der Waals surface area contributed by atoms with Crippen LogP contribution in [0, 0.1) is 6.92 Å². The summed E-state index contributed by atoms with van der Waals surface area (Å²) in [6, 6.07) is 8.90. The van der Waals surface area contributed by atoms with Gasteiger partial charge in [-0.2, -0.15) is 0 Å². The number of thioether (sulfide) groups is 1. The Morgan fingerprint density at radius 1 is 1.41 bits per heavy atom. The zero-order valence-electron chi connectivity index (χ0n) is 16.3. The summed E-state index contributed by atoms with van der Waals surface area (Å²) in [5.41, 5.74) is 0.497. The second-order valence-electron chi connectivity index (χ2n) is 7.03. The van der Waals surface area contributed by atoms with Gasteiger partial charge in [-0.05, 0) is 38.8 Å². The Bertz CT molecular complexity index is 1090. The van der Waals surface area contributed by atoms with Crippen molar-refractivity contribution < 1.29 is 14.1 Å². The Labute approximate surface area is 171 Å². The first kappa shape index (κ1) is 19.7. The number of anilines is 1. The van der Waals surface area contributed by atoms with E-state index in [2.05, 4.69) is 15.5 Å². The SMILES string of the molecule is Cc1cc(NC(=O)[C@H](C)Sc2nc3ccccc3c(=O)n2C[C@H]2CCCO2)no1. The molecule has 1 saturated heterocycles. The van der Waals surface area contributed by atoms with Crippen molar-refractivity contribution in [3.63, 3.8) is 0 Å². The molecule has 1 aliphatic heterocycles. The van der Waals surface area contributed by atoms with Gasteiger partial charge in [-0.15, -0.1) is 0 Å². The van der Waals surface area contributed by atoms with Crippen molar-refractivity contribution in [1.29, 1.82) is 0 Å². The number of nitrogens with one attached hydrogen (secondary N) is 1. The summed E-state index contributed by atoms with van der Waals surface area (Å²) in [4.78, 5) is 30.4. The van der Waals surface area contributed by atoms with Crippen molar-refractivity contribution in [2.24, 2.45) is 0 Å². The molecule has 0 spiro atoms. The molecule has 2 aromatic heterocycles. The Balaban J connectivity index is 1.62. The van der Waals surface area contributed by atoms with Gasteiger partial charge in [0.2, 0.25) is 5.91 Å². The lowest BCUT2D eigenvalue weighted by Gasteiger charge is -2.18. The molecule has 9 heteroatoms. The van der Waals surface area contributed by atoms with Crippen molar-refractivity contribution in [1.82, 2.24) is 14.7 Å². The average Bonchev–Trinajstić information content (AvgIpc) is 3.36. The quantitative estimate of drug-likeness (QED) is 0.489. The molecule has 0 radical (unpaired) electrons. The fraction of sp³-hybridized carbons (Fsp3) is 0.400. The van der Waals surface area contributed by atoms with E-state index in [1.807, 2.05) is 12.1 Å². The van der Waals surface area contributed by atoms with E-state index in [0.29, 0.717) is 40.8 Å². The van der Waals surface area contributed by atoms with Crippen molar-refractivity contribution in [3.8, 4) is 0 Å². The lowest BCUT2D eigenvalue weighted by Crippen LogP contribution is -2.30. The van der Waals surface area contributed by atoms with Gasteiger partial charge in [-0.1, -0.05) is 29.1 Å². The number of amides is 1. The van der Waals surface area contributed by atoms with Crippen LogP contribution in [0.4, 0.5) is 5.82 Å². The lowest BCUT2D eigenvalue weighted by molar-refractivity contribution is -0.115. The van der Waals surface area contributed by atoms with Gasteiger partial charge in [0.25, 0.3) is 5.56 Å². The fourth-order valence-corrected chi connectivity index (χ4v) is 4.17. The van der Waals surface area contributed by atoms with E-state index in [4.69, 9.17) is 9.26 Å². The second kappa shape index (κ2) is 8.38. The Morgan fingerprint density at radius 3 is 2.97 bits per heavy atom. The zero-order chi connectivity index (χ0) is 20.4. The minimum atomic E-state index is -0.490. The third-order valence-corrected chi connectivity index (χ3v) is 5.86. The number of carbonyl (C=O) groups is 1. The molecule has 1 fully saturated rings. The number of aromatic nitrogens is 3. The second-order valence-corrected chi connectivity index (χ2v) is 8.34. The van der Waals surface area contributed by atoms with Crippen LogP contribution in [0.1, 0.15) is 25.5 Å². The predicted molar refractivity (Wildman–Crippen MR) is 110 cm³/mol. The van der Waals surface area contributed by atoms with Crippen LogP contribution in [0.25, 0.3) is 10.9 Å². The molecule has 1 N–H and O–H groups in total. The van der Waals surface area contributed by atoms with E-state index in [1.54, 1.807) is 36.6 Å². The summed E-state index contributed by atoms with van der Waals surface area (Å²) in [6.45, 7) is 4.66. The van der Waals surface area contributed by atoms with Crippen LogP contribution in [0.3, 0.4) is 0 Å². The number of benzene rings is 1. The number of ether oxygens (including phenoxy) is 1. The van der Waals surface area contributed by atoms with Crippen LogP contribution >= 0.6 is 11.8 Å². The number of hydrogen-bond acceptors (Lipinski definition) is 7. The minimum absolute atomic E-state index is 0.0164. The highest BCUT2D eigenvalue weighted by molar-refractivity contribution is 8.00. The molecule has 2 atom stereocenters. The van der Waals surface area contributed by atoms with Crippen molar-refractivity contribution in [3.05, 3.63) is 46.4 Å². The van der Waals surface area contributed by atoms with Crippen LogP contribution in [-0.2, 0) is 16.1 Å².